The van der Waals surface area contributed by atoms with Gasteiger partial charge in [-0.2, -0.15) is 0 Å². The molecule has 2 aliphatic rings. The fourth-order valence-electron chi connectivity index (χ4n) is 3.40. The SMILES string of the molecule is C[C@H](C(=O)N1CCCC1)N1CCC(C(=O)Nc2nccs2)CC1. The third kappa shape index (κ3) is 3.90. The number of hydrogen-bond acceptors (Lipinski definition) is 5. The van der Waals surface area contributed by atoms with E-state index in [0.717, 1.165) is 51.9 Å². The highest BCUT2D eigenvalue weighted by atomic mass is 32.1. The molecule has 0 bridgehead atoms. The van der Waals surface area contributed by atoms with E-state index < -0.39 is 0 Å². The van der Waals surface area contributed by atoms with Crippen molar-refractivity contribution in [2.24, 2.45) is 5.92 Å². The summed E-state index contributed by atoms with van der Waals surface area (Å²) in [7, 11) is 0. The van der Waals surface area contributed by atoms with E-state index in [1.54, 1.807) is 6.20 Å². The van der Waals surface area contributed by atoms with Gasteiger partial charge in [-0.25, -0.2) is 4.98 Å². The molecule has 2 aliphatic heterocycles. The molecular formula is C16H24N4O2S. The Morgan fingerprint density at radius 2 is 1.96 bits per heavy atom. The number of nitrogens with one attached hydrogen (secondary N) is 1. The third-order valence-electron chi connectivity index (χ3n) is 4.89. The van der Waals surface area contributed by atoms with Crippen molar-refractivity contribution >= 4 is 28.3 Å². The molecule has 1 N–H and O–H groups in total. The maximum absolute atomic E-state index is 12.5. The van der Waals surface area contributed by atoms with E-state index in [-0.39, 0.29) is 23.8 Å². The van der Waals surface area contributed by atoms with Gasteiger partial charge in [0.1, 0.15) is 0 Å². The Bertz CT molecular complexity index is 534. The second-order valence-electron chi connectivity index (χ2n) is 6.35. The molecule has 126 valence electrons. The zero-order valence-corrected chi connectivity index (χ0v) is 14.3. The molecule has 3 heterocycles. The standard InChI is InChI=1S/C16H24N4O2S/c1-12(15(22)20-7-2-3-8-20)19-9-4-13(5-10-19)14(21)18-16-17-6-11-23-16/h6,11-13H,2-5,7-10H2,1H3,(H,17,18,21)/t12-/m1/s1. The summed E-state index contributed by atoms with van der Waals surface area (Å²) >= 11 is 1.44. The Hall–Kier alpha value is -1.47. The van der Waals surface area contributed by atoms with Gasteiger partial charge in [0.2, 0.25) is 11.8 Å². The van der Waals surface area contributed by atoms with Gasteiger partial charge in [0.05, 0.1) is 6.04 Å². The smallest absolute Gasteiger partial charge is 0.239 e. The second kappa shape index (κ2) is 7.40. The molecule has 0 radical (unpaired) electrons. The largest absolute Gasteiger partial charge is 0.341 e. The highest BCUT2D eigenvalue weighted by Gasteiger charge is 2.32. The Morgan fingerprint density at radius 1 is 1.26 bits per heavy atom. The Kier molecular flexibility index (Phi) is 5.27. The van der Waals surface area contributed by atoms with Crippen LogP contribution >= 0.6 is 11.3 Å². The van der Waals surface area contributed by atoms with Gasteiger partial charge < -0.3 is 10.2 Å². The minimum Gasteiger partial charge on any atom is -0.341 e. The summed E-state index contributed by atoms with van der Waals surface area (Å²) in [5.74, 6) is 0.315. The molecule has 7 heteroatoms. The molecule has 1 aromatic heterocycles. The lowest BCUT2D eigenvalue weighted by Gasteiger charge is -2.36. The lowest BCUT2D eigenvalue weighted by molar-refractivity contribution is -0.136. The lowest BCUT2D eigenvalue weighted by Crippen LogP contribution is -2.50. The number of carbonyl (C=O) groups excluding carboxylic acids is 2. The molecule has 6 nitrogen and oxygen atoms in total. The van der Waals surface area contributed by atoms with Crippen molar-refractivity contribution in [3.8, 4) is 0 Å². The van der Waals surface area contributed by atoms with Gasteiger partial charge in [0.15, 0.2) is 5.13 Å². The van der Waals surface area contributed by atoms with Crippen LogP contribution in [-0.4, -0.2) is 58.8 Å². The van der Waals surface area contributed by atoms with Crippen molar-refractivity contribution in [1.29, 1.82) is 0 Å². The number of rotatable bonds is 4. The van der Waals surface area contributed by atoms with Crippen LogP contribution in [0.15, 0.2) is 11.6 Å². The maximum Gasteiger partial charge on any atom is 0.239 e. The van der Waals surface area contributed by atoms with E-state index in [9.17, 15) is 9.59 Å². The van der Waals surface area contributed by atoms with Crippen LogP contribution in [-0.2, 0) is 9.59 Å². The van der Waals surface area contributed by atoms with Crippen molar-refractivity contribution in [2.45, 2.75) is 38.6 Å². The summed E-state index contributed by atoms with van der Waals surface area (Å²) < 4.78 is 0. The normalized spacial score (nSPS) is 21.3. The van der Waals surface area contributed by atoms with Crippen LogP contribution in [0.25, 0.3) is 0 Å². The number of likely N-dealkylation sites (tertiary alicyclic amines) is 2. The molecule has 3 rings (SSSR count). The van der Waals surface area contributed by atoms with Crippen molar-refractivity contribution < 1.29 is 9.59 Å². The predicted octanol–water partition coefficient (Wildman–Crippen LogP) is 1.80. The predicted molar refractivity (Wildman–Crippen MR) is 90.3 cm³/mol. The van der Waals surface area contributed by atoms with Crippen LogP contribution in [0, 0.1) is 5.92 Å². The molecule has 0 aromatic carbocycles. The maximum atomic E-state index is 12.5. The molecule has 0 saturated carbocycles. The van der Waals surface area contributed by atoms with Crippen molar-refractivity contribution in [2.75, 3.05) is 31.5 Å². The van der Waals surface area contributed by atoms with Crippen LogP contribution < -0.4 is 5.32 Å². The summed E-state index contributed by atoms with van der Waals surface area (Å²) in [6.45, 7) is 5.40. The number of nitrogens with zero attached hydrogens (tertiary/aromatic N) is 3. The zero-order chi connectivity index (χ0) is 16.2. The van der Waals surface area contributed by atoms with Gasteiger partial charge in [0.25, 0.3) is 0 Å². The first-order valence-electron chi connectivity index (χ1n) is 8.38. The first-order valence-corrected chi connectivity index (χ1v) is 9.26. The average Bonchev–Trinajstić information content (AvgIpc) is 3.27. The summed E-state index contributed by atoms with van der Waals surface area (Å²) in [4.78, 5) is 33.0. The third-order valence-corrected chi connectivity index (χ3v) is 5.57. The monoisotopic (exact) mass is 336 g/mol. The van der Waals surface area contributed by atoms with Crippen molar-refractivity contribution in [3.05, 3.63) is 11.6 Å². The first kappa shape index (κ1) is 16.4. The molecule has 23 heavy (non-hydrogen) atoms. The van der Waals surface area contributed by atoms with Crippen LogP contribution in [0.3, 0.4) is 0 Å². The number of aromatic nitrogens is 1. The number of amides is 2. The van der Waals surface area contributed by atoms with E-state index in [2.05, 4.69) is 15.2 Å². The number of anilines is 1. The van der Waals surface area contributed by atoms with Gasteiger partial charge in [-0.1, -0.05) is 0 Å². The van der Waals surface area contributed by atoms with Gasteiger partial charge in [0, 0.05) is 30.6 Å². The van der Waals surface area contributed by atoms with Gasteiger partial charge in [-0.15, -0.1) is 11.3 Å². The van der Waals surface area contributed by atoms with Gasteiger partial charge in [-0.05, 0) is 45.7 Å². The molecule has 2 fully saturated rings. The average molecular weight is 336 g/mol. The summed E-state index contributed by atoms with van der Waals surface area (Å²) in [6.07, 6.45) is 5.53. The number of carbonyl (C=O) groups is 2. The van der Waals surface area contributed by atoms with Gasteiger partial charge >= 0.3 is 0 Å². The van der Waals surface area contributed by atoms with E-state index in [1.165, 1.54) is 11.3 Å². The second-order valence-corrected chi connectivity index (χ2v) is 7.24. The molecule has 0 aliphatic carbocycles. The van der Waals surface area contributed by atoms with Crippen LogP contribution in [0.1, 0.15) is 32.6 Å². The quantitative estimate of drug-likeness (QED) is 0.911. The minimum absolute atomic E-state index is 0.0178. The molecular weight excluding hydrogens is 312 g/mol. The molecule has 1 atom stereocenters. The van der Waals surface area contributed by atoms with E-state index >= 15 is 0 Å². The molecule has 2 saturated heterocycles. The molecule has 0 unspecified atom stereocenters. The Morgan fingerprint density at radius 3 is 2.57 bits per heavy atom. The van der Waals surface area contributed by atoms with E-state index in [4.69, 9.17) is 0 Å². The Labute approximate surface area is 140 Å². The van der Waals surface area contributed by atoms with Gasteiger partial charge in [-0.3, -0.25) is 14.5 Å². The molecule has 2 amide bonds. The van der Waals surface area contributed by atoms with E-state index in [0.29, 0.717) is 5.13 Å². The van der Waals surface area contributed by atoms with Crippen LogP contribution in [0.2, 0.25) is 0 Å². The summed E-state index contributed by atoms with van der Waals surface area (Å²) in [5, 5.41) is 5.39. The fourth-order valence-corrected chi connectivity index (χ4v) is 3.93. The van der Waals surface area contributed by atoms with Crippen LogP contribution in [0.5, 0.6) is 0 Å². The first-order chi connectivity index (χ1) is 11.1. The summed E-state index contributed by atoms with van der Waals surface area (Å²) in [6, 6.07) is -0.0731. The summed E-state index contributed by atoms with van der Waals surface area (Å²) in [5.41, 5.74) is 0. The minimum atomic E-state index is -0.0731. The van der Waals surface area contributed by atoms with E-state index in [1.807, 2.05) is 17.2 Å². The number of thiazole rings is 1. The molecule has 1 aromatic rings. The van der Waals surface area contributed by atoms with Crippen molar-refractivity contribution in [1.82, 2.24) is 14.8 Å². The van der Waals surface area contributed by atoms with Crippen LogP contribution in [0.4, 0.5) is 5.13 Å². The highest BCUT2D eigenvalue weighted by Crippen LogP contribution is 2.22. The molecule has 0 spiro atoms. The Balaban J connectivity index is 1.47. The zero-order valence-electron chi connectivity index (χ0n) is 13.5. The fraction of sp³-hybridized carbons (Fsp3) is 0.688. The topological polar surface area (TPSA) is 65.5 Å². The van der Waals surface area contributed by atoms with Crippen molar-refractivity contribution in [3.63, 3.8) is 0 Å². The lowest BCUT2D eigenvalue weighted by atomic mass is 9.95. The highest BCUT2D eigenvalue weighted by molar-refractivity contribution is 7.13. The number of hydrogen-bond donors (Lipinski definition) is 1. The number of piperidine rings is 1.